The largest absolute Gasteiger partial charge is 0.493 e. The number of ether oxygens (including phenoxy) is 3. The van der Waals surface area contributed by atoms with E-state index in [9.17, 15) is 9.59 Å². The van der Waals surface area contributed by atoms with E-state index in [4.69, 9.17) is 14.2 Å². The summed E-state index contributed by atoms with van der Waals surface area (Å²) >= 11 is 0. The van der Waals surface area contributed by atoms with Gasteiger partial charge in [-0.1, -0.05) is 0 Å². The van der Waals surface area contributed by atoms with Crippen molar-refractivity contribution in [1.82, 2.24) is 10.2 Å². The minimum absolute atomic E-state index is 0.0618. The zero-order valence-corrected chi connectivity index (χ0v) is 14.5. The molecule has 1 atom stereocenters. The molecule has 1 saturated heterocycles. The van der Waals surface area contributed by atoms with Crippen molar-refractivity contribution in [2.24, 2.45) is 0 Å². The van der Waals surface area contributed by atoms with Crippen molar-refractivity contribution in [2.45, 2.75) is 25.8 Å². The highest BCUT2D eigenvalue weighted by atomic mass is 16.5. The Balaban J connectivity index is 2.15. The van der Waals surface area contributed by atoms with Gasteiger partial charge in [-0.15, -0.1) is 0 Å². The predicted molar refractivity (Wildman–Crippen MR) is 88.8 cm³/mol. The molecule has 132 valence electrons. The molecule has 24 heavy (non-hydrogen) atoms. The predicted octanol–water partition coefficient (Wildman–Crippen LogP) is 1.45. The topological polar surface area (TPSA) is 77.1 Å². The van der Waals surface area contributed by atoms with Gasteiger partial charge in [-0.3, -0.25) is 9.59 Å². The molecule has 0 bridgehead atoms. The number of methoxy groups -OCH3 is 3. The molecule has 7 nitrogen and oxygen atoms in total. The van der Waals surface area contributed by atoms with Crippen molar-refractivity contribution in [3.05, 3.63) is 17.7 Å². The number of carbonyl (C=O) groups is 2. The highest BCUT2D eigenvalue weighted by Gasteiger charge is 2.25. The average Bonchev–Trinajstić information content (AvgIpc) is 3.13. The first-order valence-electron chi connectivity index (χ1n) is 7.91. The SMILES string of the molecule is COc1cc(C(=O)N[C@@H](C)C(=O)N2CCCC2)cc(OC)c1OC. The number of nitrogens with one attached hydrogen (secondary N) is 1. The number of carbonyl (C=O) groups excluding carboxylic acids is 2. The smallest absolute Gasteiger partial charge is 0.252 e. The molecule has 2 amide bonds. The Morgan fingerprint density at radius 1 is 1.04 bits per heavy atom. The summed E-state index contributed by atoms with van der Waals surface area (Å²) in [6, 6.07) is 2.53. The zero-order chi connectivity index (χ0) is 17.7. The van der Waals surface area contributed by atoms with E-state index in [0.29, 0.717) is 22.8 Å². The van der Waals surface area contributed by atoms with E-state index in [1.165, 1.54) is 21.3 Å². The maximum absolute atomic E-state index is 12.5. The fraction of sp³-hybridized carbons (Fsp3) is 0.529. The number of amides is 2. The van der Waals surface area contributed by atoms with Gasteiger partial charge in [0.05, 0.1) is 21.3 Å². The van der Waals surface area contributed by atoms with Crippen LogP contribution in [-0.4, -0.2) is 57.2 Å². The van der Waals surface area contributed by atoms with Crippen molar-refractivity contribution in [2.75, 3.05) is 34.4 Å². The molecule has 1 aromatic carbocycles. The quantitative estimate of drug-likeness (QED) is 0.851. The standard InChI is InChI=1S/C17H24N2O5/c1-11(17(21)19-7-5-6-8-19)18-16(20)12-9-13(22-2)15(24-4)14(10-12)23-3/h9-11H,5-8H2,1-4H3,(H,18,20)/t11-/m0/s1. The Labute approximate surface area is 141 Å². The third-order valence-corrected chi connectivity index (χ3v) is 4.06. The van der Waals surface area contributed by atoms with Crippen molar-refractivity contribution < 1.29 is 23.8 Å². The van der Waals surface area contributed by atoms with Crippen molar-refractivity contribution in [3.63, 3.8) is 0 Å². The van der Waals surface area contributed by atoms with Gasteiger partial charge in [0.25, 0.3) is 5.91 Å². The molecule has 1 heterocycles. The summed E-state index contributed by atoms with van der Waals surface area (Å²) in [5.74, 6) is 0.765. The fourth-order valence-electron chi connectivity index (χ4n) is 2.77. The first-order valence-corrected chi connectivity index (χ1v) is 7.91. The zero-order valence-electron chi connectivity index (χ0n) is 14.5. The lowest BCUT2D eigenvalue weighted by Gasteiger charge is -2.21. The molecule has 1 fully saturated rings. The van der Waals surface area contributed by atoms with E-state index >= 15 is 0 Å². The lowest BCUT2D eigenvalue weighted by molar-refractivity contribution is -0.131. The van der Waals surface area contributed by atoms with Crippen LogP contribution in [-0.2, 0) is 4.79 Å². The Kier molecular flexibility index (Phi) is 5.89. The summed E-state index contributed by atoms with van der Waals surface area (Å²) in [6.07, 6.45) is 2.03. The Morgan fingerprint density at radius 3 is 2.04 bits per heavy atom. The number of likely N-dealkylation sites (tertiary alicyclic amines) is 1. The minimum Gasteiger partial charge on any atom is -0.493 e. The summed E-state index contributed by atoms with van der Waals surface area (Å²) in [4.78, 5) is 26.6. The summed E-state index contributed by atoms with van der Waals surface area (Å²) in [7, 11) is 4.47. The van der Waals surface area contributed by atoms with Gasteiger partial charge in [0.1, 0.15) is 6.04 Å². The molecule has 2 rings (SSSR count). The molecule has 0 aromatic heterocycles. The summed E-state index contributed by atoms with van der Waals surface area (Å²) in [5.41, 5.74) is 0.338. The van der Waals surface area contributed by atoms with Crippen LogP contribution in [0, 0.1) is 0 Å². The van der Waals surface area contributed by atoms with Crippen LogP contribution in [0.25, 0.3) is 0 Å². The van der Waals surface area contributed by atoms with Gasteiger partial charge in [0.2, 0.25) is 11.7 Å². The van der Waals surface area contributed by atoms with E-state index in [0.717, 1.165) is 25.9 Å². The monoisotopic (exact) mass is 336 g/mol. The van der Waals surface area contributed by atoms with Crippen LogP contribution in [0.15, 0.2) is 12.1 Å². The van der Waals surface area contributed by atoms with Crippen LogP contribution in [0.1, 0.15) is 30.1 Å². The van der Waals surface area contributed by atoms with Gasteiger partial charge in [0.15, 0.2) is 11.5 Å². The molecule has 0 unspecified atom stereocenters. The molecular weight excluding hydrogens is 312 g/mol. The lowest BCUT2D eigenvalue weighted by atomic mass is 10.1. The summed E-state index contributed by atoms with van der Waals surface area (Å²) < 4.78 is 15.7. The van der Waals surface area contributed by atoms with E-state index in [1.54, 1.807) is 24.0 Å². The molecule has 0 aliphatic carbocycles. The van der Waals surface area contributed by atoms with Crippen molar-refractivity contribution in [1.29, 1.82) is 0 Å². The molecule has 0 radical (unpaired) electrons. The number of hydrogen-bond acceptors (Lipinski definition) is 5. The van der Waals surface area contributed by atoms with Gasteiger partial charge < -0.3 is 24.4 Å². The molecule has 1 N–H and O–H groups in total. The van der Waals surface area contributed by atoms with Gasteiger partial charge in [-0.25, -0.2) is 0 Å². The van der Waals surface area contributed by atoms with Crippen LogP contribution < -0.4 is 19.5 Å². The third kappa shape index (κ3) is 3.72. The van der Waals surface area contributed by atoms with Crippen LogP contribution in [0.3, 0.4) is 0 Å². The van der Waals surface area contributed by atoms with Crippen molar-refractivity contribution >= 4 is 11.8 Å². The molecule has 0 saturated carbocycles. The number of rotatable bonds is 6. The number of nitrogens with zero attached hydrogens (tertiary/aromatic N) is 1. The second-order valence-corrected chi connectivity index (χ2v) is 5.64. The van der Waals surface area contributed by atoms with Gasteiger partial charge >= 0.3 is 0 Å². The second kappa shape index (κ2) is 7.90. The minimum atomic E-state index is -0.588. The first-order chi connectivity index (χ1) is 11.5. The summed E-state index contributed by atoms with van der Waals surface area (Å²) in [5, 5.41) is 2.73. The summed E-state index contributed by atoms with van der Waals surface area (Å²) in [6.45, 7) is 3.20. The molecule has 1 aliphatic heterocycles. The van der Waals surface area contributed by atoms with Crippen LogP contribution in [0.2, 0.25) is 0 Å². The van der Waals surface area contributed by atoms with Crippen molar-refractivity contribution in [3.8, 4) is 17.2 Å². The number of hydrogen-bond donors (Lipinski definition) is 1. The van der Waals surface area contributed by atoms with E-state index in [-0.39, 0.29) is 11.8 Å². The van der Waals surface area contributed by atoms with E-state index < -0.39 is 6.04 Å². The van der Waals surface area contributed by atoms with E-state index in [1.807, 2.05) is 0 Å². The third-order valence-electron chi connectivity index (χ3n) is 4.06. The average molecular weight is 336 g/mol. The second-order valence-electron chi connectivity index (χ2n) is 5.64. The molecule has 1 aromatic rings. The molecule has 7 heteroatoms. The van der Waals surface area contributed by atoms with Gasteiger partial charge in [0, 0.05) is 18.7 Å². The highest BCUT2D eigenvalue weighted by Crippen LogP contribution is 2.38. The maximum atomic E-state index is 12.5. The van der Waals surface area contributed by atoms with Gasteiger partial charge in [-0.05, 0) is 31.9 Å². The molecule has 0 spiro atoms. The van der Waals surface area contributed by atoms with Crippen LogP contribution in [0.5, 0.6) is 17.2 Å². The number of benzene rings is 1. The van der Waals surface area contributed by atoms with Gasteiger partial charge in [-0.2, -0.15) is 0 Å². The van der Waals surface area contributed by atoms with Crippen LogP contribution >= 0.6 is 0 Å². The fourth-order valence-corrected chi connectivity index (χ4v) is 2.77. The van der Waals surface area contributed by atoms with Crippen LogP contribution in [0.4, 0.5) is 0 Å². The Morgan fingerprint density at radius 2 is 1.58 bits per heavy atom. The lowest BCUT2D eigenvalue weighted by Crippen LogP contribution is -2.45. The first kappa shape index (κ1) is 17.9. The molecule has 1 aliphatic rings. The normalized spacial score (nSPS) is 14.9. The van der Waals surface area contributed by atoms with E-state index in [2.05, 4.69) is 5.32 Å². The Bertz CT molecular complexity index is 586. The maximum Gasteiger partial charge on any atom is 0.252 e. The molecular formula is C17H24N2O5. The Hall–Kier alpha value is -2.44. The highest BCUT2D eigenvalue weighted by molar-refractivity contribution is 5.98.